The first kappa shape index (κ1) is 20.2. The lowest BCUT2D eigenvalue weighted by Gasteiger charge is -2.12. The third-order valence-corrected chi connectivity index (χ3v) is 6.35. The summed E-state index contributed by atoms with van der Waals surface area (Å²) in [5.74, 6) is -1.30. The number of ketones is 2. The normalized spacial score (nSPS) is 14.6. The molecular formula is C30H16F2O2. The van der Waals surface area contributed by atoms with Crippen LogP contribution in [0.5, 0.6) is 0 Å². The van der Waals surface area contributed by atoms with Crippen LogP contribution in [0.1, 0.15) is 43.0 Å². The van der Waals surface area contributed by atoms with Gasteiger partial charge >= 0.3 is 0 Å². The van der Waals surface area contributed by atoms with Crippen molar-refractivity contribution in [1.82, 2.24) is 0 Å². The Balaban J connectivity index is 1.72. The summed E-state index contributed by atoms with van der Waals surface area (Å²) < 4.78 is 27.4. The molecule has 0 atom stereocenters. The predicted molar refractivity (Wildman–Crippen MR) is 126 cm³/mol. The summed E-state index contributed by atoms with van der Waals surface area (Å²) in [7, 11) is 0. The maximum atomic E-state index is 13.8. The van der Waals surface area contributed by atoms with Gasteiger partial charge in [0.25, 0.3) is 0 Å². The number of halogens is 2. The predicted octanol–water partition coefficient (Wildman–Crippen LogP) is 6.66. The summed E-state index contributed by atoms with van der Waals surface area (Å²) in [6, 6.07) is 26.2. The summed E-state index contributed by atoms with van der Waals surface area (Å²) in [5, 5.41) is 0. The average Bonchev–Trinajstić information content (AvgIpc) is 3.31. The molecule has 4 aromatic rings. The Morgan fingerprint density at radius 2 is 0.706 bits per heavy atom. The van der Waals surface area contributed by atoms with E-state index in [9.17, 15) is 18.4 Å². The molecule has 2 nitrogen and oxygen atoms in total. The summed E-state index contributed by atoms with van der Waals surface area (Å²) in [6.45, 7) is 0. The van der Waals surface area contributed by atoms with Gasteiger partial charge in [-0.15, -0.1) is 0 Å². The van der Waals surface area contributed by atoms with Crippen molar-refractivity contribution in [2.75, 3.05) is 0 Å². The number of carbonyl (C=O) groups is 2. The van der Waals surface area contributed by atoms with Gasteiger partial charge in [0.05, 0.1) is 0 Å². The average molecular weight is 446 g/mol. The molecule has 4 aromatic carbocycles. The minimum absolute atomic E-state index is 0.259. The van der Waals surface area contributed by atoms with Crippen molar-refractivity contribution < 1.29 is 18.4 Å². The monoisotopic (exact) mass is 446 g/mol. The molecule has 0 saturated heterocycles. The van der Waals surface area contributed by atoms with Gasteiger partial charge < -0.3 is 0 Å². The van der Waals surface area contributed by atoms with Crippen molar-refractivity contribution >= 4 is 22.7 Å². The number of allylic oxidation sites excluding steroid dienone is 2. The van der Waals surface area contributed by atoms with Crippen LogP contribution in [0, 0.1) is 11.6 Å². The molecule has 2 aliphatic rings. The lowest BCUT2D eigenvalue weighted by atomic mass is 9.89. The number of carbonyl (C=O) groups excluding carboxylic acids is 2. The Bertz CT molecular complexity index is 1450. The highest BCUT2D eigenvalue weighted by Crippen LogP contribution is 2.47. The molecule has 2 aliphatic carbocycles. The number of hydrogen-bond donors (Lipinski definition) is 0. The number of rotatable bonds is 3. The van der Waals surface area contributed by atoms with E-state index in [0.717, 1.165) is 0 Å². The van der Waals surface area contributed by atoms with Gasteiger partial charge in [0, 0.05) is 33.4 Å². The van der Waals surface area contributed by atoms with E-state index in [0.29, 0.717) is 44.5 Å². The molecule has 0 aromatic heterocycles. The molecule has 0 radical (unpaired) electrons. The molecule has 0 saturated carbocycles. The van der Waals surface area contributed by atoms with Gasteiger partial charge in [-0.05, 0) is 46.5 Å². The summed E-state index contributed by atoms with van der Waals surface area (Å²) in [4.78, 5) is 27.6. The first-order valence-corrected chi connectivity index (χ1v) is 10.8. The fraction of sp³-hybridized carbons (Fsp3) is 0. The highest BCUT2D eigenvalue weighted by molar-refractivity contribution is 6.36. The Morgan fingerprint density at radius 3 is 1.06 bits per heavy atom. The minimum atomic E-state index is -0.390. The number of Topliss-reactive ketones (excluding diaryl/α,β-unsaturated/α-hetero) is 2. The molecule has 0 heterocycles. The largest absolute Gasteiger partial charge is 0.289 e. The van der Waals surface area contributed by atoms with Gasteiger partial charge in [-0.3, -0.25) is 9.59 Å². The van der Waals surface area contributed by atoms with Crippen LogP contribution in [0.25, 0.3) is 11.1 Å². The summed E-state index contributed by atoms with van der Waals surface area (Å²) in [5.41, 5.74) is 5.42. The lowest BCUT2D eigenvalue weighted by molar-refractivity contribution is 0.100. The smallest absolute Gasteiger partial charge is 0.195 e. The van der Waals surface area contributed by atoms with E-state index in [-0.39, 0.29) is 34.3 Å². The van der Waals surface area contributed by atoms with Crippen molar-refractivity contribution in [3.05, 3.63) is 153 Å². The maximum Gasteiger partial charge on any atom is 0.195 e. The van der Waals surface area contributed by atoms with Crippen LogP contribution < -0.4 is 0 Å². The van der Waals surface area contributed by atoms with Crippen molar-refractivity contribution in [2.24, 2.45) is 0 Å². The molecule has 0 fully saturated rings. The fourth-order valence-corrected chi connectivity index (χ4v) is 4.87. The number of benzene rings is 4. The minimum Gasteiger partial charge on any atom is -0.289 e. The molecule has 6 rings (SSSR count). The Morgan fingerprint density at radius 1 is 0.382 bits per heavy atom. The molecule has 34 heavy (non-hydrogen) atoms. The van der Waals surface area contributed by atoms with Crippen LogP contribution >= 0.6 is 0 Å². The SMILES string of the molecule is O=C1C(C2=C(c3ccc(F)cc3)c3ccccc3C2=O)=C(c2ccc(F)cc2)c2ccccc21. The van der Waals surface area contributed by atoms with Crippen LogP contribution in [0.15, 0.2) is 108 Å². The summed E-state index contributed by atoms with van der Waals surface area (Å²) in [6.07, 6.45) is 0. The third-order valence-electron chi connectivity index (χ3n) is 6.35. The first-order valence-electron chi connectivity index (χ1n) is 10.8. The van der Waals surface area contributed by atoms with Crippen molar-refractivity contribution in [3.8, 4) is 0 Å². The molecule has 162 valence electrons. The highest BCUT2D eigenvalue weighted by Gasteiger charge is 2.40. The standard InChI is InChI=1S/C30H16F2O2/c31-19-13-9-17(10-14-19)25-21-5-1-3-7-23(21)29(33)27(25)28-26(18-11-15-20(32)16-12-18)22-6-2-4-8-24(22)30(28)34/h1-16H. The topological polar surface area (TPSA) is 34.1 Å². The second-order valence-corrected chi connectivity index (χ2v) is 8.26. The quantitative estimate of drug-likeness (QED) is 0.353. The highest BCUT2D eigenvalue weighted by atomic mass is 19.1. The number of fused-ring (bicyclic) bond motifs is 2. The van der Waals surface area contributed by atoms with E-state index in [1.165, 1.54) is 24.3 Å². The Hall–Kier alpha value is -4.44. The second kappa shape index (κ2) is 7.56. The van der Waals surface area contributed by atoms with Gasteiger partial charge in [0.2, 0.25) is 0 Å². The molecule has 0 spiro atoms. The second-order valence-electron chi connectivity index (χ2n) is 8.26. The van der Waals surface area contributed by atoms with Crippen LogP contribution in [-0.4, -0.2) is 11.6 Å². The zero-order valence-corrected chi connectivity index (χ0v) is 17.8. The van der Waals surface area contributed by atoms with Gasteiger partial charge in [-0.2, -0.15) is 0 Å². The molecular weight excluding hydrogens is 430 g/mol. The maximum absolute atomic E-state index is 13.8. The van der Waals surface area contributed by atoms with Crippen LogP contribution in [0.4, 0.5) is 8.78 Å². The molecule has 0 amide bonds. The third kappa shape index (κ3) is 2.92. The van der Waals surface area contributed by atoms with E-state index in [1.807, 2.05) is 24.3 Å². The van der Waals surface area contributed by atoms with E-state index in [1.54, 1.807) is 48.5 Å². The Labute approximate surface area is 194 Å². The molecule has 4 heteroatoms. The van der Waals surface area contributed by atoms with Crippen molar-refractivity contribution in [1.29, 1.82) is 0 Å². The first-order chi connectivity index (χ1) is 16.5. The number of hydrogen-bond acceptors (Lipinski definition) is 2. The van der Waals surface area contributed by atoms with Crippen LogP contribution in [0.3, 0.4) is 0 Å². The fourth-order valence-electron chi connectivity index (χ4n) is 4.87. The zero-order valence-electron chi connectivity index (χ0n) is 17.8. The van der Waals surface area contributed by atoms with Gasteiger partial charge in [0.1, 0.15) is 11.6 Å². The molecule has 0 aliphatic heterocycles. The molecule has 0 unspecified atom stereocenters. The lowest BCUT2D eigenvalue weighted by Crippen LogP contribution is -2.09. The van der Waals surface area contributed by atoms with Crippen molar-refractivity contribution in [3.63, 3.8) is 0 Å². The van der Waals surface area contributed by atoms with E-state index in [4.69, 9.17) is 0 Å². The summed E-state index contributed by atoms with van der Waals surface area (Å²) >= 11 is 0. The van der Waals surface area contributed by atoms with Gasteiger partial charge in [0.15, 0.2) is 11.6 Å². The van der Waals surface area contributed by atoms with E-state index >= 15 is 0 Å². The van der Waals surface area contributed by atoms with E-state index < -0.39 is 0 Å². The van der Waals surface area contributed by atoms with Crippen LogP contribution in [0.2, 0.25) is 0 Å². The van der Waals surface area contributed by atoms with Crippen LogP contribution in [-0.2, 0) is 0 Å². The van der Waals surface area contributed by atoms with Gasteiger partial charge in [-0.1, -0.05) is 72.8 Å². The Kier molecular flexibility index (Phi) is 4.49. The zero-order chi connectivity index (χ0) is 23.4. The van der Waals surface area contributed by atoms with E-state index in [2.05, 4.69) is 0 Å². The molecule has 0 bridgehead atoms. The molecule has 0 N–H and O–H groups in total. The van der Waals surface area contributed by atoms with Gasteiger partial charge in [-0.25, -0.2) is 8.78 Å². The van der Waals surface area contributed by atoms with Crippen molar-refractivity contribution in [2.45, 2.75) is 0 Å².